The van der Waals surface area contributed by atoms with Crippen molar-refractivity contribution in [2.75, 3.05) is 45.2 Å². The van der Waals surface area contributed by atoms with Crippen LogP contribution in [0.4, 0.5) is 5.82 Å². The molecule has 1 aromatic heterocycles. The fraction of sp³-hybridized carbons (Fsp3) is 0.615. The third-order valence-electron chi connectivity index (χ3n) is 3.21. The quantitative estimate of drug-likeness (QED) is 0.782. The molecule has 1 fully saturated rings. The Kier molecular flexibility index (Phi) is 5.25. The summed E-state index contributed by atoms with van der Waals surface area (Å²) in [6.45, 7) is 6.42. The summed E-state index contributed by atoms with van der Waals surface area (Å²) in [7, 11) is 1.32. The van der Waals surface area contributed by atoms with Gasteiger partial charge in [0.2, 0.25) is 0 Å². The zero-order chi connectivity index (χ0) is 14.4. The highest BCUT2D eigenvalue weighted by Crippen LogP contribution is 2.08. The van der Waals surface area contributed by atoms with Gasteiger partial charge in [0, 0.05) is 19.6 Å². The lowest BCUT2D eigenvalue weighted by Gasteiger charge is -2.32. The average Bonchev–Trinajstić information content (AvgIpc) is 2.52. The van der Waals surface area contributed by atoms with E-state index in [9.17, 15) is 4.79 Å². The highest BCUT2D eigenvalue weighted by atomic mass is 16.5. The molecule has 20 heavy (non-hydrogen) atoms. The van der Waals surface area contributed by atoms with Crippen molar-refractivity contribution < 1.29 is 14.3 Å². The van der Waals surface area contributed by atoms with E-state index in [4.69, 9.17) is 4.74 Å². The van der Waals surface area contributed by atoms with E-state index in [-0.39, 0.29) is 11.8 Å². The number of nitrogens with one attached hydrogen (secondary N) is 1. The van der Waals surface area contributed by atoms with E-state index >= 15 is 0 Å². The van der Waals surface area contributed by atoms with E-state index in [1.165, 1.54) is 13.3 Å². The van der Waals surface area contributed by atoms with Crippen LogP contribution in [-0.4, -0.2) is 66.8 Å². The number of anilines is 1. The van der Waals surface area contributed by atoms with Crippen molar-refractivity contribution in [2.24, 2.45) is 0 Å². The van der Waals surface area contributed by atoms with E-state index in [2.05, 4.69) is 31.8 Å². The van der Waals surface area contributed by atoms with E-state index in [0.29, 0.717) is 12.4 Å². The number of ether oxygens (including phenoxy) is 2. The van der Waals surface area contributed by atoms with Gasteiger partial charge in [-0.05, 0) is 6.54 Å². The van der Waals surface area contributed by atoms with E-state index in [1.54, 1.807) is 6.20 Å². The third-order valence-corrected chi connectivity index (χ3v) is 3.21. The number of hydrogen-bond donors (Lipinski definition) is 1. The molecule has 0 aliphatic carbocycles. The molecular weight excluding hydrogens is 260 g/mol. The first kappa shape index (κ1) is 14.7. The van der Waals surface area contributed by atoms with Gasteiger partial charge in [0.05, 0.1) is 32.2 Å². The number of carbonyl (C=O) groups excluding carboxylic acids is 1. The highest BCUT2D eigenvalue weighted by molar-refractivity contribution is 5.87. The Morgan fingerprint density at radius 1 is 1.60 bits per heavy atom. The lowest BCUT2D eigenvalue weighted by molar-refractivity contribution is -0.0192. The van der Waals surface area contributed by atoms with Crippen LogP contribution < -0.4 is 5.32 Å². The molecule has 0 amide bonds. The van der Waals surface area contributed by atoms with Crippen molar-refractivity contribution in [3.05, 3.63) is 18.1 Å². The standard InChI is InChI=1S/C13H20N4O3/c1-3-17-4-5-20-10(9-17)6-15-12-8-14-7-11(16-12)13(18)19-2/h7-8,10H,3-6,9H2,1-2H3,(H,15,16). The molecule has 2 heterocycles. The minimum atomic E-state index is -0.493. The van der Waals surface area contributed by atoms with Gasteiger partial charge < -0.3 is 14.8 Å². The normalized spacial score (nSPS) is 19.6. The summed E-state index contributed by atoms with van der Waals surface area (Å²) in [6, 6.07) is 0. The van der Waals surface area contributed by atoms with Gasteiger partial charge in [-0.1, -0.05) is 6.92 Å². The second-order valence-electron chi connectivity index (χ2n) is 4.55. The molecule has 0 bridgehead atoms. The molecule has 1 aromatic rings. The lowest BCUT2D eigenvalue weighted by atomic mass is 10.2. The summed E-state index contributed by atoms with van der Waals surface area (Å²) < 4.78 is 10.3. The molecule has 7 nitrogen and oxygen atoms in total. The van der Waals surface area contributed by atoms with Gasteiger partial charge in [-0.25, -0.2) is 9.78 Å². The second-order valence-corrected chi connectivity index (χ2v) is 4.55. The molecule has 1 aliphatic heterocycles. The second kappa shape index (κ2) is 7.16. The molecule has 2 rings (SSSR count). The van der Waals surface area contributed by atoms with Crippen LogP contribution in [0.1, 0.15) is 17.4 Å². The molecular formula is C13H20N4O3. The Labute approximate surface area is 118 Å². The largest absolute Gasteiger partial charge is 0.464 e. The summed E-state index contributed by atoms with van der Waals surface area (Å²) in [5.74, 6) is 0.0531. The number of carbonyl (C=O) groups is 1. The number of esters is 1. The third kappa shape index (κ3) is 3.88. The first-order valence-electron chi connectivity index (χ1n) is 6.71. The summed E-state index contributed by atoms with van der Waals surface area (Å²) in [5, 5.41) is 3.15. The summed E-state index contributed by atoms with van der Waals surface area (Å²) >= 11 is 0. The monoisotopic (exact) mass is 280 g/mol. The fourth-order valence-corrected chi connectivity index (χ4v) is 2.06. The molecule has 1 atom stereocenters. The van der Waals surface area contributed by atoms with Crippen LogP contribution in [0.5, 0.6) is 0 Å². The summed E-state index contributed by atoms with van der Waals surface area (Å²) in [6.07, 6.45) is 3.08. The number of hydrogen-bond acceptors (Lipinski definition) is 7. The highest BCUT2D eigenvalue weighted by Gasteiger charge is 2.19. The summed E-state index contributed by atoms with van der Waals surface area (Å²) in [5.41, 5.74) is 0.192. The molecule has 0 radical (unpaired) electrons. The number of nitrogens with zero attached hydrogens (tertiary/aromatic N) is 3. The molecule has 7 heteroatoms. The van der Waals surface area contributed by atoms with Crippen molar-refractivity contribution in [3.63, 3.8) is 0 Å². The van der Waals surface area contributed by atoms with Gasteiger partial charge in [-0.15, -0.1) is 0 Å². The average molecular weight is 280 g/mol. The van der Waals surface area contributed by atoms with Crippen molar-refractivity contribution in [3.8, 4) is 0 Å². The first-order valence-corrected chi connectivity index (χ1v) is 6.71. The topological polar surface area (TPSA) is 76.6 Å². The Balaban J connectivity index is 1.89. The maximum atomic E-state index is 11.4. The first-order chi connectivity index (χ1) is 9.72. The van der Waals surface area contributed by atoms with Gasteiger partial charge in [0.15, 0.2) is 5.69 Å². The molecule has 1 aliphatic rings. The molecule has 1 unspecified atom stereocenters. The van der Waals surface area contributed by atoms with Gasteiger partial charge in [0.25, 0.3) is 0 Å². The predicted octanol–water partition coefficient (Wildman–Crippen LogP) is 0.396. The Morgan fingerprint density at radius 2 is 2.45 bits per heavy atom. The minimum Gasteiger partial charge on any atom is -0.464 e. The van der Waals surface area contributed by atoms with Crippen LogP contribution in [0.25, 0.3) is 0 Å². The van der Waals surface area contributed by atoms with Crippen molar-refractivity contribution in [2.45, 2.75) is 13.0 Å². The van der Waals surface area contributed by atoms with Crippen LogP contribution in [-0.2, 0) is 9.47 Å². The Hall–Kier alpha value is -1.73. The molecule has 1 saturated heterocycles. The maximum Gasteiger partial charge on any atom is 0.358 e. The zero-order valence-electron chi connectivity index (χ0n) is 11.8. The molecule has 1 N–H and O–H groups in total. The number of likely N-dealkylation sites (N-methyl/N-ethyl adjacent to an activating group) is 1. The fourth-order valence-electron chi connectivity index (χ4n) is 2.06. The maximum absolute atomic E-state index is 11.4. The number of rotatable bonds is 5. The smallest absolute Gasteiger partial charge is 0.358 e. The van der Waals surface area contributed by atoms with Crippen LogP contribution in [0.3, 0.4) is 0 Å². The predicted molar refractivity (Wildman–Crippen MR) is 73.7 cm³/mol. The Bertz CT molecular complexity index is 455. The zero-order valence-corrected chi connectivity index (χ0v) is 11.8. The van der Waals surface area contributed by atoms with Gasteiger partial charge in [-0.3, -0.25) is 9.88 Å². The van der Waals surface area contributed by atoms with E-state index in [0.717, 1.165) is 26.2 Å². The van der Waals surface area contributed by atoms with Gasteiger partial charge in [-0.2, -0.15) is 0 Å². The number of methoxy groups -OCH3 is 1. The van der Waals surface area contributed by atoms with E-state index < -0.39 is 5.97 Å². The molecule has 0 saturated carbocycles. The van der Waals surface area contributed by atoms with Gasteiger partial charge in [0.1, 0.15) is 5.82 Å². The molecule has 110 valence electrons. The van der Waals surface area contributed by atoms with Crippen molar-refractivity contribution in [1.82, 2.24) is 14.9 Å². The van der Waals surface area contributed by atoms with Crippen LogP contribution in [0.15, 0.2) is 12.4 Å². The van der Waals surface area contributed by atoms with Crippen LogP contribution in [0.2, 0.25) is 0 Å². The van der Waals surface area contributed by atoms with E-state index in [1.807, 2.05) is 0 Å². The van der Waals surface area contributed by atoms with Crippen molar-refractivity contribution >= 4 is 11.8 Å². The van der Waals surface area contributed by atoms with Gasteiger partial charge >= 0.3 is 5.97 Å². The molecule has 0 spiro atoms. The lowest BCUT2D eigenvalue weighted by Crippen LogP contribution is -2.45. The Morgan fingerprint density at radius 3 is 3.20 bits per heavy atom. The van der Waals surface area contributed by atoms with Crippen LogP contribution in [0, 0.1) is 0 Å². The van der Waals surface area contributed by atoms with Crippen LogP contribution >= 0.6 is 0 Å². The number of morpholine rings is 1. The SMILES string of the molecule is CCN1CCOC(CNc2cncc(C(=O)OC)n2)C1. The number of aromatic nitrogens is 2. The van der Waals surface area contributed by atoms with Crippen molar-refractivity contribution in [1.29, 1.82) is 0 Å². The summed E-state index contributed by atoms with van der Waals surface area (Å²) in [4.78, 5) is 21.8. The minimum absolute atomic E-state index is 0.118. The molecule has 0 aromatic carbocycles.